The Hall–Kier alpha value is -3.86. The molecule has 2 aliphatic rings. The summed E-state index contributed by atoms with van der Waals surface area (Å²) in [5.74, 6) is 0.505. The fourth-order valence-electron chi connectivity index (χ4n) is 4.41. The van der Waals surface area contributed by atoms with Crippen molar-refractivity contribution in [3.63, 3.8) is 0 Å². The van der Waals surface area contributed by atoms with Crippen LogP contribution in [-0.4, -0.2) is 17.0 Å². The molecule has 2 aromatic carbocycles. The Morgan fingerprint density at radius 2 is 1.65 bits per heavy atom. The Morgan fingerprint density at radius 3 is 2.32 bits per heavy atom. The van der Waals surface area contributed by atoms with Gasteiger partial charge in [0.25, 0.3) is 0 Å². The number of rotatable bonds is 3. The molecule has 5 rings (SSSR count). The van der Waals surface area contributed by atoms with E-state index in [0.717, 1.165) is 27.5 Å². The summed E-state index contributed by atoms with van der Waals surface area (Å²) in [5, 5.41) is 14.1. The molecule has 31 heavy (non-hydrogen) atoms. The van der Waals surface area contributed by atoms with Gasteiger partial charge in [-0.3, -0.25) is 0 Å². The van der Waals surface area contributed by atoms with Crippen LogP contribution in [0.15, 0.2) is 86.4 Å². The van der Waals surface area contributed by atoms with Crippen molar-refractivity contribution in [2.24, 2.45) is 11.1 Å². The van der Waals surface area contributed by atoms with Crippen molar-refractivity contribution in [3.05, 3.63) is 104 Å². The number of hydrogen-bond donors (Lipinski definition) is 1. The molecule has 0 unspecified atom stereocenters. The highest BCUT2D eigenvalue weighted by atomic mass is 16.5. The summed E-state index contributed by atoms with van der Waals surface area (Å²) in [6, 6.07) is 19.0. The third kappa shape index (κ3) is 3.10. The maximum absolute atomic E-state index is 12.8. The van der Waals surface area contributed by atoms with E-state index in [1.54, 1.807) is 0 Å². The van der Waals surface area contributed by atoms with Crippen LogP contribution in [0, 0.1) is 12.8 Å². The van der Waals surface area contributed by atoms with Gasteiger partial charge >= 0.3 is 5.63 Å². The highest BCUT2D eigenvalue weighted by molar-refractivity contribution is 6.12. The molecular formula is C26H21NO4. The lowest BCUT2D eigenvalue weighted by molar-refractivity contribution is 0.191. The molecule has 2 heterocycles. The zero-order valence-corrected chi connectivity index (χ0v) is 17.2. The van der Waals surface area contributed by atoms with Crippen LogP contribution in [0.4, 0.5) is 0 Å². The molecule has 2 atom stereocenters. The number of oxime groups is 1. The molecule has 5 heteroatoms. The zero-order chi connectivity index (χ0) is 21.5. The summed E-state index contributed by atoms with van der Waals surface area (Å²) in [6.07, 6.45) is 3.61. The number of benzene rings is 2. The Labute approximate surface area is 178 Å². The topological polar surface area (TPSA) is 72.0 Å². The summed E-state index contributed by atoms with van der Waals surface area (Å²) in [7, 11) is 0. The fourth-order valence-corrected chi connectivity index (χ4v) is 4.41. The highest BCUT2D eigenvalue weighted by Gasteiger charge is 2.36. The van der Waals surface area contributed by atoms with Crippen LogP contribution in [0.2, 0.25) is 0 Å². The third-order valence-electron chi connectivity index (χ3n) is 6.00. The standard InChI is InChI=1S/C26H21NO4/c1-15-19-13-20-16(2)25(24(27-29)18-11-7-4-8-12-18)30-21(20)14-22(19)31-26(28)23(15)17-9-5-3-6-10-17/h3-14,20-21,29H,1-2H3/b27-24-/t20-,21-/m0/s1. The molecule has 0 fully saturated rings. The van der Waals surface area contributed by atoms with Gasteiger partial charge in [-0.1, -0.05) is 71.9 Å². The van der Waals surface area contributed by atoms with E-state index in [9.17, 15) is 10.0 Å². The van der Waals surface area contributed by atoms with Crippen LogP contribution in [0.1, 0.15) is 18.1 Å². The molecule has 1 aromatic heterocycles. The first-order chi connectivity index (χ1) is 15.1. The number of nitrogens with zero attached hydrogens (tertiary/aromatic N) is 1. The van der Waals surface area contributed by atoms with E-state index in [0.29, 0.717) is 22.4 Å². The lowest BCUT2D eigenvalue weighted by Gasteiger charge is -2.18. The molecule has 0 spiro atoms. The number of allylic oxidation sites excluding steroid dienone is 1. The van der Waals surface area contributed by atoms with Crippen molar-refractivity contribution in [2.45, 2.75) is 20.0 Å². The lowest BCUT2D eigenvalue weighted by atomic mass is 9.89. The van der Waals surface area contributed by atoms with E-state index in [4.69, 9.17) is 9.15 Å². The minimum atomic E-state index is -0.365. The van der Waals surface area contributed by atoms with Gasteiger partial charge in [0.2, 0.25) is 0 Å². The molecule has 1 N–H and O–H groups in total. The average molecular weight is 411 g/mol. The molecule has 1 aliphatic heterocycles. The quantitative estimate of drug-likeness (QED) is 0.408. The number of ether oxygens (including phenoxy) is 1. The zero-order valence-electron chi connectivity index (χ0n) is 17.2. The molecule has 0 bridgehead atoms. The SMILES string of the molecule is CC1=C(/C(=N\O)c2ccccc2)O[C@H]2C=c3oc(=O)c(-c4ccccc4)c(C)c3=C[C@@H]12. The first-order valence-corrected chi connectivity index (χ1v) is 10.2. The second-order valence-electron chi connectivity index (χ2n) is 7.80. The molecule has 0 saturated heterocycles. The molecule has 154 valence electrons. The van der Waals surface area contributed by atoms with Gasteiger partial charge in [0.15, 0.2) is 5.71 Å². The summed E-state index contributed by atoms with van der Waals surface area (Å²) >= 11 is 0. The molecule has 0 amide bonds. The highest BCUT2D eigenvalue weighted by Crippen LogP contribution is 2.36. The molecule has 5 nitrogen and oxygen atoms in total. The van der Waals surface area contributed by atoms with Crippen LogP contribution in [0.25, 0.3) is 23.3 Å². The Balaban J connectivity index is 1.65. The van der Waals surface area contributed by atoms with E-state index in [-0.39, 0.29) is 17.6 Å². The van der Waals surface area contributed by atoms with Gasteiger partial charge in [-0.15, -0.1) is 0 Å². The summed E-state index contributed by atoms with van der Waals surface area (Å²) in [4.78, 5) is 12.8. The van der Waals surface area contributed by atoms with Gasteiger partial charge in [-0.2, -0.15) is 0 Å². The minimum absolute atomic E-state index is 0.0435. The first-order valence-electron chi connectivity index (χ1n) is 10.2. The largest absolute Gasteiger partial charge is 0.483 e. The van der Waals surface area contributed by atoms with E-state index < -0.39 is 0 Å². The minimum Gasteiger partial charge on any atom is -0.483 e. The van der Waals surface area contributed by atoms with Gasteiger partial charge in [0, 0.05) is 22.8 Å². The van der Waals surface area contributed by atoms with Crippen LogP contribution < -0.4 is 16.3 Å². The second kappa shape index (κ2) is 7.43. The third-order valence-corrected chi connectivity index (χ3v) is 6.00. The number of hydrogen-bond acceptors (Lipinski definition) is 5. The lowest BCUT2D eigenvalue weighted by Crippen LogP contribution is -2.39. The van der Waals surface area contributed by atoms with Gasteiger partial charge in [0.05, 0.1) is 5.56 Å². The van der Waals surface area contributed by atoms with Crippen molar-refractivity contribution < 1.29 is 14.4 Å². The maximum atomic E-state index is 12.8. The monoisotopic (exact) mass is 411 g/mol. The summed E-state index contributed by atoms with van der Waals surface area (Å²) < 4.78 is 11.9. The first kappa shape index (κ1) is 19.1. The van der Waals surface area contributed by atoms with Crippen molar-refractivity contribution in [1.29, 1.82) is 0 Å². The summed E-state index contributed by atoms with van der Waals surface area (Å²) in [6.45, 7) is 3.93. The smallest absolute Gasteiger partial charge is 0.344 e. The predicted octanol–water partition coefficient (Wildman–Crippen LogP) is 3.36. The van der Waals surface area contributed by atoms with Crippen molar-refractivity contribution in [2.75, 3.05) is 0 Å². The molecule has 1 aliphatic carbocycles. The van der Waals surface area contributed by atoms with Crippen molar-refractivity contribution in [3.8, 4) is 11.1 Å². The fraction of sp³-hybridized carbons (Fsp3) is 0.154. The Morgan fingerprint density at radius 1 is 0.968 bits per heavy atom. The van der Waals surface area contributed by atoms with Crippen LogP contribution in [0.3, 0.4) is 0 Å². The van der Waals surface area contributed by atoms with Crippen molar-refractivity contribution in [1.82, 2.24) is 0 Å². The van der Waals surface area contributed by atoms with Gasteiger partial charge in [-0.05, 0) is 30.5 Å². The molecule has 3 aromatic rings. The molecule has 0 radical (unpaired) electrons. The van der Waals surface area contributed by atoms with Gasteiger partial charge < -0.3 is 14.4 Å². The van der Waals surface area contributed by atoms with E-state index >= 15 is 0 Å². The number of fused-ring (bicyclic) bond motifs is 2. The van der Waals surface area contributed by atoms with Crippen LogP contribution in [-0.2, 0) is 4.74 Å². The van der Waals surface area contributed by atoms with Gasteiger partial charge in [-0.25, -0.2) is 4.79 Å². The maximum Gasteiger partial charge on any atom is 0.344 e. The predicted molar refractivity (Wildman–Crippen MR) is 119 cm³/mol. The molecule has 0 saturated carbocycles. The molecular weight excluding hydrogens is 390 g/mol. The summed E-state index contributed by atoms with van der Waals surface area (Å²) in [5.41, 5.74) is 4.57. The van der Waals surface area contributed by atoms with E-state index in [1.807, 2.05) is 80.6 Å². The van der Waals surface area contributed by atoms with Gasteiger partial charge in [0.1, 0.15) is 17.3 Å². The Kier molecular flexibility index (Phi) is 4.59. The second-order valence-corrected chi connectivity index (χ2v) is 7.80. The average Bonchev–Trinajstić information content (AvgIpc) is 3.10. The van der Waals surface area contributed by atoms with Crippen LogP contribution >= 0.6 is 0 Å². The van der Waals surface area contributed by atoms with E-state index in [1.165, 1.54) is 0 Å². The van der Waals surface area contributed by atoms with Crippen molar-refractivity contribution >= 4 is 17.9 Å². The Bertz CT molecular complexity index is 1400. The van der Waals surface area contributed by atoms with Crippen LogP contribution in [0.5, 0.6) is 0 Å². The van der Waals surface area contributed by atoms with E-state index in [2.05, 4.69) is 11.2 Å². The normalized spacial score (nSPS) is 19.7.